The Bertz CT molecular complexity index is 443. The summed E-state index contributed by atoms with van der Waals surface area (Å²) >= 11 is 0. The van der Waals surface area contributed by atoms with Crippen molar-refractivity contribution in [3.8, 4) is 0 Å². The highest BCUT2D eigenvalue weighted by atomic mass is 14.5. The van der Waals surface area contributed by atoms with E-state index in [1.807, 2.05) is 0 Å². The summed E-state index contributed by atoms with van der Waals surface area (Å²) in [5.74, 6) is 2.46. The lowest BCUT2D eigenvalue weighted by Crippen LogP contribution is -2.41. The van der Waals surface area contributed by atoms with E-state index < -0.39 is 0 Å². The first-order valence-corrected chi connectivity index (χ1v) is 13.6. The van der Waals surface area contributed by atoms with Crippen LogP contribution in [0.1, 0.15) is 154 Å². The van der Waals surface area contributed by atoms with Crippen LogP contribution in [0.25, 0.3) is 0 Å². The standard InChI is InChI=1S/C30H62/c1-14-18-25(19-15-2)29(10,11)27(6,7)22-17-21-26(20-16-3)30(12,13)28(8,9)23-24(4)5/h24-26H,14-23H2,1-13H3. The van der Waals surface area contributed by atoms with Crippen LogP contribution in [0.4, 0.5) is 0 Å². The fraction of sp³-hybridized carbons (Fsp3) is 1.00. The van der Waals surface area contributed by atoms with Gasteiger partial charge in [0.2, 0.25) is 0 Å². The van der Waals surface area contributed by atoms with E-state index in [-0.39, 0.29) is 0 Å². The third-order valence-electron chi connectivity index (χ3n) is 9.71. The van der Waals surface area contributed by atoms with E-state index >= 15 is 0 Å². The van der Waals surface area contributed by atoms with Gasteiger partial charge in [0.15, 0.2) is 0 Å². The molecule has 0 saturated heterocycles. The van der Waals surface area contributed by atoms with Crippen LogP contribution in [0.3, 0.4) is 0 Å². The van der Waals surface area contributed by atoms with Crippen LogP contribution in [-0.2, 0) is 0 Å². The molecule has 0 spiro atoms. The Hall–Kier alpha value is 0. The average Bonchev–Trinajstić information content (AvgIpc) is 2.59. The summed E-state index contributed by atoms with van der Waals surface area (Å²) in [6.45, 7) is 32.4. The minimum atomic E-state index is 0.389. The van der Waals surface area contributed by atoms with E-state index in [1.54, 1.807) is 0 Å². The zero-order valence-corrected chi connectivity index (χ0v) is 23.8. The SMILES string of the molecule is CCCC(CCC)C(C)(C)C(C)(C)CCCC(CCC)C(C)(C)C(C)(C)CC(C)C. The Kier molecular flexibility index (Phi) is 12.3. The second kappa shape index (κ2) is 12.3. The number of hydrogen-bond donors (Lipinski definition) is 0. The molecule has 0 aromatic heterocycles. The van der Waals surface area contributed by atoms with Crippen LogP contribution >= 0.6 is 0 Å². The van der Waals surface area contributed by atoms with Crippen LogP contribution in [0.2, 0.25) is 0 Å². The second-order valence-corrected chi connectivity index (χ2v) is 13.5. The van der Waals surface area contributed by atoms with Gasteiger partial charge in [0.05, 0.1) is 0 Å². The maximum absolute atomic E-state index is 2.57. The van der Waals surface area contributed by atoms with E-state index in [2.05, 4.69) is 90.0 Å². The van der Waals surface area contributed by atoms with Crippen molar-refractivity contribution >= 4 is 0 Å². The summed E-state index contributed by atoms with van der Waals surface area (Å²) in [7, 11) is 0. The molecule has 0 aliphatic carbocycles. The van der Waals surface area contributed by atoms with Gasteiger partial charge in [-0.1, -0.05) is 135 Å². The molecule has 0 aliphatic rings. The summed E-state index contributed by atoms with van der Waals surface area (Å²) in [4.78, 5) is 0. The molecule has 0 fully saturated rings. The number of hydrogen-bond acceptors (Lipinski definition) is 0. The van der Waals surface area contributed by atoms with Gasteiger partial charge < -0.3 is 0 Å². The van der Waals surface area contributed by atoms with Gasteiger partial charge in [0.1, 0.15) is 0 Å². The molecule has 30 heavy (non-hydrogen) atoms. The first kappa shape index (κ1) is 30.0. The molecule has 0 aliphatic heterocycles. The highest BCUT2D eigenvalue weighted by Gasteiger charge is 2.44. The zero-order valence-electron chi connectivity index (χ0n) is 23.8. The Labute approximate surface area is 193 Å². The summed E-state index contributed by atoms with van der Waals surface area (Å²) < 4.78 is 0. The van der Waals surface area contributed by atoms with Gasteiger partial charge in [-0.3, -0.25) is 0 Å². The molecule has 0 amide bonds. The molecule has 1 atom stereocenters. The van der Waals surface area contributed by atoms with Gasteiger partial charge in [0, 0.05) is 0 Å². The fourth-order valence-corrected chi connectivity index (χ4v) is 6.28. The van der Waals surface area contributed by atoms with Gasteiger partial charge in [-0.15, -0.1) is 0 Å². The van der Waals surface area contributed by atoms with Gasteiger partial charge in [-0.25, -0.2) is 0 Å². The normalized spacial score (nSPS) is 15.3. The van der Waals surface area contributed by atoms with E-state index in [1.165, 1.54) is 64.2 Å². The van der Waals surface area contributed by atoms with Crippen molar-refractivity contribution in [2.24, 2.45) is 39.4 Å². The largest absolute Gasteiger partial charge is 0.0654 e. The Morgan fingerprint density at radius 3 is 1.27 bits per heavy atom. The Morgan fingerprint density at radius 1 is 0.533 bits per heavy atom. The molecule has 0 saturated carbocycles. The molecule has 0 aromatic carbocycles. The molecule has 0 heterocycles. The van der Waals surface area contributed by atoms with E-state index in [0.717, 1.165) is 17.8 Å². The van der Waals surface area contributed by atoms with Crippen molar-refractivity contribution in [3.63, 3.8) is 0 Å². The van der Waals surface area contributed by atoms with Crippen LogP contribution in [0.15, 0.2) is 0 Å². The van der Waals surface area contributed by atoms with Crippen LogP contribution in [0.5, 0.6) is 0 Å². The summed E-state index contributed by atoms with van der Waals surface area (Å²) in [5, 5.41) is 0. The average molecular weight is 423 g/mol. The Morgan fingerprint density at radius 2 is 0.900 bits per heavy atom. The van der Waals surface area contributed by atoms with Crippen LogP contribution in [-0.4, -0.2) is 0 Å². The second-order valence-electron chi connectivity index (χ2n) is 13.5. The van der Waals surface area contributed by atoms with Crippen LogP contribution in [0, 0.1) is 39.4 Å². The third kappa shape index (κ3) is 7.85. The summed E-state index contributed by atoms with van der Waals surface area (Å²) in [5.41, 5.74) is 1.59. The Balaban J connectivity index is 5.31. The quantitative estimate of drug-likeness (QED) is 0.232. The molecule has 0 N–H and O–H groups in total. The van der Waals surface area contributed by atoms with E-state index in [0.29, 0.717) is 21.7 Å². The predicted octanol–water partition coefficient (Wildman–Crippen LogP) is 10.9. The maximum atomic E-state index is 2.57. The van der Waals surface area contributed by atoms with E-state index in [9.17, 15) is 0 Å². The minimum absolute atomic E-state index is 0.389. The van der Waals surface area contributed by atoms with Gasteiger partial charge >= 0.3 is 0 Å². The highest BCUT2D eigenvalue weighted by molar-refractivity contribution is 4.94. The lowest BCUT2D eigenvalue weighted by atomic mass is 9.55. The highest BCUT2D eigenvalue weighted by Crippen LogP contribution is 2.53. The lowest BCUT2D eigenvalue weighted by molar-refractivity contribution is -0.00148. The fourth-order valence-electron chi connectivity index (χ4n) is 6.28. The van der Waals surface area contributed by atoms with Crippen molar-refractivity contribution in [1.82, 2.24) is 0 Å². The molecule has 182 valence electrons. The van der Waals surface area contributed by atoms with Gasteiger partial charge in [-0.05, 0) is 58.7 Å². The van der Waals surface area contributed by atoms with Crippen molar-refractivity contribution in [2.45, 2.75) is 154 Å². The van der Waals surface area contributed by atoms with Crippen molar-refractivity contribution in [2.75, 3.05) is 0 Å². The van der Waals surface area contributed by atoms with Gasteiger partial charge in [0.25, 0.3) is 0 Å². The maximum Gasteiger partial charge on any atom is -0.0275 e. The monoisotopic (exact) mass is 422 g/mol. The van der Waals surface area contributed by atoms with E-state index in [4.69, 9.17) is 0 Å². The van der Waals surface area contributed by atoms with Crippen molar-refractivity contribution in [1.29, 1.82) is 0 Å². The smallest absolute Gasteiger partial charge is 0.0275 e. The van der Waals surface area contributed by atoms with Crippen LogP contribution < -0.4 is 0 Å². The van der Waals surface area contributed by atoms with Crippen molar-refractivity contribution < 1.29 is 0 Å². The lowest BCUT2D eigenvalue weighted by Gasteiger charge is -2.50. The number of rotatable bonds is 16. The summed E-state index contributed by atoms with van der Waals surface area (Å²) in [6, 6.07) is 0. The first-order valence-electron chi connectivity index (χ1n) is 13.6. The zero-order chi connectivity index (χ0) is 23.8. The molecular weight excluding hydrogens is 360 g/mol. The van der Waals surface area contributed by atoms with Gasteiger partial charge in [-0.2, -0.15) is 0 Å². The molecule has 0 radical (unpaired) electrons. The minimum Gasteiger partial charge on any atom is -0.0654 e. The molecular formula is C30H62. The molecule has 0 heteroatoms. The summed E-state index contributed by atoms with van der Waals surface area (Å²) in [6.07, 6.45) is 13.6. The van der Waals surface area contributed by atoms with Crippen molar-refractivity contribution in [3.05, 3.63) is 0 Å². The molecule has 0 aromatic rings. The molecule has 1 unspecified atom stereocenters. The predicted molar refractivity (Wildman–Crippen MR) is 140 cm³/mol. The molecule has 0 nitrogen and oxygen atoms in total. The first-order chi connectivity index (χ1) is 13.6. The molecule has 0 bridgehead atoms. The molecule has 0 rings (SSSR count). The topological polar surface area (TPSA) is 0 Å². The third-order valence-corrected chi connectivity index (χ3v) is 9.71.